The van der Waals surface area contributed by atoms with Gasteiger partial charge in [-0.1, -0.05) is 17.7 Å². The summed E-state index contributed by atoms with van der Waals surface area (Å²) in [4.78, 5) is 39.8. The highest BCUT2D eigenvalue weighted by atomic mass is 35.5. The topological polar surface area (TPSA) is 87.7 Å². The Bertz CT molecular complexity index is 1370. The van der Waals surface area contributed by atoms with Crippen LogP contribution in [0.4, 0.5) is 15.9 Å². The van der Waals surface area contributed by atoms with E-state index < -0.39 is 5.82 Å². The Balaban J connectivity index is 1.20. The molecule has 0 atom stereocenters. The molecule has 2 aliphatic heterocycles. The van der Waals surface area contributed by atoms with E-state index in [-0.39, 0.29) is 22.8 Å². The summed E-state index contributed by atoms with van der Waals surface area (Å²) in [6, 6.07) is 4.46. The number of anilines is 2. The Labute approximate surface area is 229 Å². The van der Waals surface area contributed by atoms with Crippen molar-refractivity contribution >= 4 is 56.5 Å². The average molecular weight is 558 g/mol. The maximum absolute atomic E-state index is 13.6. The van der Waals surface area contributed by atoms with Crippen molar-refractivity contribution in [3.05, 3.63) is 58.0 Å². The molecule has 38 heavy (non-hydrogen) atoms. The van der Waals surface area contributed by atoms with Crippen LogP contribution in [-0.4, -0.2) is 64.4 Å². The lowest BCUT2D eigenvalue weighted by Gasteiger charge is -2.30. The molecule has 0 bridgehead atoms. The molecule has 2 aromatic heterocycles. The fourth-order valence-corrected chi connectivity index (χ4v) is 6.32. The SMILES string of the molecule is CCOC(=O)C1CCN(CC=CC(=O)N2CCc3c(sc4ncnc(Nc5ccc(F)c(Cl)c5)c34)C2)CC1. The predicted molar refractivity (Wildman–Crippen MR) is 146 cm³/mol. The van der Waals surface area contributed by atoms with Gasteiger partial charge in [0.1, 0.15) is 22.8 Å². The Morgan fingerprint density at radius 1 is 1.26 bits per heavy atom. The van der Waals surface area contributed by atoms with Gasteiger partial charge in [-0.15, -0.1) is 11.3 Å². The van der Waals surface area contributed by atoms with Crippen LogP contribution in [0.5, 0.6) is 0 Å². The maximum atomic E-state index is 13.6. The highest BCUT2D eigenvalue weighted by Crippen LogP contribution is 2.38. The Hall–Kier alpha value is -3.08. The zero-order chi connectivity index (χ0) is 26.6. The number of carbonyl (C=O) groups is 2. The highest BCUT2D eigenvalue weighted by Gasteiger charge is 2.27. The van der Waals surface area contributed by atoms with Crippen molar-refractivity contribution in [1.29, 1.82) is 0 Å². The molecule has 3 aromatic rings. The van der Waals surface area contributed by atoms with Gasteiger partial charge in [-0.3, -0.25) is 14.5 Å². The molecule has 0 saturated carbocycles. The Morgan fingerprint density at radius 3 is 2.84 bits per heavy atom. The monoisotopic (exact) mass is 557 g/mol. The van der Waals surface area contributed by atoms with Gasteiger partial charge in [0.15, 0.2) is 0 Å². The fraction of sp³-hybridized carbons (Fsp3) is 0.407. The molecule has 0 radical (unpaired) electrons. The number of hydrogen-bond acceptors (Lipinski definition) is 8. The third kappa shape index (κ3) is 5.82. The number of thiophene rings is 1. The molecule has 1 aromatic carbocycles. The molecule has 1 saturated heterocycles. The van der Waals surface area contributed by atoms with Gasteiger partial charge in [0, 0.05) is 29.7 Å². The zero-order valence-electron chi connectivity index (χ0n) is 21.1. The van der Waals surface area contributed by atoms with E-state index in [0.29, 0.717) is 44.2 Å². The Morgan fingerprint density at radius 2 is 2.08 bits per heavy atom. The number of aromatic nitrogens is 2. The fourth-order valence-electron chi connectivity index (χ4n) is 4.94. The van der Waals surface area contributed by atoms with Crippen LogP contribution in [0.3, 0.4) is 0 Å². The van der Waals surface area contributed by atoms with Crippen LogP contribution in [0, 0.1) is 11.7 Å². The minimum absolute atomic E-state index is 0.0140. The van der Waals surface area contributed by atoms with Crippen molar-refractivity contribution in [2.75, 3.05) is 38.1 Å². The average Bonchev–Trinajstić information content (AvgIpc) is 3.30. The number of nitrogens with one attached hydrogen (secondary N) is 1. The van der Waals surface area contributed by atoms with Gasteiger partial charge in [-0.05, 0) is 63.0 Å². The summed E-state index contributed by atoms with van der Waals surface area (Å²) in [7, 11) is 0. The quantitative estimate of drug-likeness (QED) is 0.325. The summed E-state index contributed by atoms with van der Waals surface area (Å²) in [5.41, 5.74) is 1.78. The number of benzene rings is 1. The van der Waals surface area contributed by atoms with Crippen LogP contribution in [0.2, 0.25) is 5.02 Å². The van der Waals surface area contributed by atoms with E-state index >= 15 is 0 Å². The standard InChI is InChI=1S/C27H29ClFN5O3S/c1-2-37-27(36)17-7-11-33(12-8-17)10-3-4-23(35)34-13-9-19-22(15-34)38-26-24(19)25(30-16-31-26)32-18-5-6-21(29)20(28)14-18/h3-6,14,16-17H,2,7-13,15H2,1H3,(H,30,31,32). The van der Waals surface area contributed by atoms with Crippen molar-refractivity contribution in [2.24, 2.45) is 5.92 Å². The molecule has 1 N–H and O–H groups in total. The number of fused-ring (bicyclic) bond motifs is 3. The first-order valence-corrected chi connectivity index (χ1v) is 13.9. The van der Waals surface area contributed by atoms with E-state index in [1.807, 2.05) is 17.9 Å². The van der Waals surface area contributed by atoms with Crippen molar-refractivity contribution in [2.45, 2.75) is 32.7 Å². The summed E-state index contributed by atoms with van der Waals surface area (Å²) < 4.78 is 18.7. The molecule has 0 unspecified atom stereocenters. The third-order valence-corrected chi connectivity index (χ3v) is 8.38. The molecule has 2 aliphatic rings. The summed E-state index contributed by atoms with van der Waals surface area (Å²) in [5.74, 6) is 0.0312. The van der Waals surface area contributed by atoms with Gasteiger partial charge in [-0.25, -0.2) is 14.4 Å². The van der Waals surface area contributed by atoms with E-state index in [0.717, 1.165) is 46.6 Å². The van der Waals surface area contributed by atoms with Crippen LogP contribution in [-0.2, 0) is 27.3 Å². The summed E-state index contributed by atoms with van der Waals surface area (Å²) in [6.45, 7) is 5.68. The van der Waals surface area contributed by atoms with Gasteiger partial charge in [0.2, 0.25) is 5.91 Å². The second-order valence-electron chi connectivity index (χ2n) is 9.40. The smallest absolute Gasteiger partial charge is 0.309 e. The predicted octanol–water partition coefficient (Wildman–Crippen LogP) is 4.94. The number of esters is 1. The number of rotatable bonds is 7. The number of piperidine rings is 1. The molecular weight excluding hydrogens is 529 g/mol. The number of carbonyl (C=O) groups excluding carboxylic acids is 2. The van der Waals surface area contributed by atoms with Crippen molar-refractivity contribution in [3.8, 4) is 0 Å². The Kier molecular flexibility index (Phi) is 8.21. The first kappa shape index (κ1) is 26.5. The summed E-state index contributed by atoms with van der Waals surface area (Å²) in [5, 5.41) is 4.21. The van der Waals surface area contributed by atoms with Crippen LogP contribution >= 0.6 is 22.9 Å². The van der Waals surface area contributed by atoms with Gasteiger partial charge in [-0.2, -0.15) is 0 Å². The van der Waals surface area contributed by atoms with E-state index in [9.17, 15) is 14.0 Å². The minimum atomic E-state index is -0.477. The molecule has 8 nitrogen and oxygen atoms in total. The van der Waals surface area contributed by atoms with E-state index in [2.05, 4.69) is 20.2 Å². The molecule has 1 fully saturated rings. The van der Waals surface area contributed by atoms with E-state index in [1.54, 1.807) is 23.5 Å². The number of nitrogens with zero attached hydrogens (tertiary/aromatic N) is 4. The van der Waals surface area contributed by atoms with Gasteiger partial charge >= 0.3 is 5.97 Å². The largest absolute Gasteiger partial charge is 0.466 e. The molecule has 11 heteroatoms. The number of halogens is 2. The van der Waals surface area contributed by atoms with Crippen molar-refractivity contribution in [1.82, 2.24) is 19.8 Å². The first-order chi connectivity index (χ1) is 18.4. The van der Waals surface area contributed by atoms with Gasteiger partial charge in [0.05, 0.1) is 29.5 Å². The molecular formula is C27H29ClFN5O3S. The van der Waals surface area contributed by atoms with E-state index in [1.165, 1.54) is 18.5 Å². The van der Waals surface area contributed by atoms with Gasteiger partial charge < -0.3 is 15.0 Å². The minimum Gasteiger partial charge on any atom is -0.466 e. The zero-order valence-corrected chi connectivity index (χ0v) is 22.7. The van der Waals surface area contributed by atoms with Crippen molar-refractivity contribution < 1.29 is 18.7 Å². The van der Waals surface area contributed by atoms with E-state index in [4.69, 9.17) is 16.3 Å². The first-order valence-electron chi connectivity index (χ1n) is 12.7. The van der Waals surface area contributed by atoms with Crippen LogP contribution in [0.25, 0.3) is 10.2 Å². The maximum Gasteiger partial charge on any atom is 0.309 e. The van der Waals surface area contributed by atoms with Crippen LogP contribution < -0.4 is 5.32 Å². The molecule has 4 heterocycles. The summed E-state index contributed by atoms with van der Waals surface area (Å²) >= 11 is 7.50. The summed E-state index contributed by atoms with van der Waals surface area (Å²) in [6.07, 6.45) is 7.34. The second kappa shape index (κ2) is 11.8. The molecule has 0 spiro atoms. The molecule has 1 amide bonds. The normalized spacial score (nSPS) is 16.7. The lowest BCUT2D eigenvalue weighted by molar-refractivity contribution is -0.149. The van der Waals surface area contributed by atoms with Crippen molar-refractivity contribution in [3.63, 3.8) is 0 Å². The van der Waals surface area contributed by atoms with Crippen LogP contribution in [0.1, 0.15) is 30.2 Å². The molecule has 5 rings (SSSR count). The number of hydrogen-bond donors (Lipinski definition) is 1. The number of ether oxygens (including phenoxy) is 1. The third-order valence-electron chi connectivity index (χ3n) is 6.96. The van der Waals surface area contributed by atoms with Gasteiger partial charge in [0.25, 0.3) is 0 Å². The second-order valence-corrected chi connectivity index (χ2v) is 10.9. The number of amides is 1. The lowest BCUT2D eigenvalue weighted by Crippen LogP contribution is -2.37. The van der Waals surface area contributed by atoms with Crippen LogP contribution in [0.15, 0.2) is 36.7 Å². The highest BCUT2D eigenvalue weighted by molar-refractivity contribution is 7.19. The number of likely N-dealkylation sites (tertiary alicyclic amines) is 1. The lowest BCUT2D eigenvalue weighted by atomic mass is 9.97. The molecule has 0 aliphatic carbocycles. The molecule has 200 valence electrons.